The van der Waals surface area contributed by atoms with Gasteiger partial charge in [0.1, 0.15) is 5.82 Å². The van der Waals surface area contributed by atoms with Gasteiger partial charge in [-0.1, -0.05) is 48.5 Å². The highest BCUT2D eigenvalue weighted by molar-refractivity contribution is 7.80. The number of piperidine rings is 2. The van der Waals surface area contributed by atoms with E-state index in [-0.39, 0.29) is 29.0 Å². The number of amides is 2. The second-order valence-corrected chi connectivity index (χ2v) is 10.7. The zero-order valence-corrected chi connectivity index (χ0v) is 21.0. The number of imide groups is 1. The number of carbonyl (C=O) groups is 2. The molecule has 0 bridgehead atoms. The molecule has 0 radical (unpaired) electrons. The fourth-order valence-corrected chi connectivity index (χ4v) is 6.74. The van der Waals surface area contributed by atoms with E-state index in [4.69, 9.17) is 12.6 Å². The zero-order valence-electron chi connectivity index (χ0n) is 20.1. The average molecular weight is 504 g/mol. The summed E-state index contributed by atoms with van der Waals surface area (Å²) in [5, 5.41) is 4.07. The van der Waals surface area contributed by atoms with Gasteiger partial charge in [0.2, 0.25) is 11.8 Å². The molecule has 3 aliphatic rings. The maximum Gasteiger partial charge on any atom is 0.243 e. The van der Waals surface area contributed by atoms with Gasteiger partial charge in [-0.15, -0.1) is 0 Å². The molecular weight excluding hydrogens is 473 g/mol. The third-order valence-corrected chi connectivity index (χ3v) is 8.75. The predicted molar refractivity (Wildman–Crippen MR) is 141 cm³/mol. The molecule has 2 saturated heterocycles. The first-order valence-corrected chi connectivity index (χ1v) is 13.3. The van der Waals surface area contributed by atoms with Crippen LogP contribution in [0.1, 0.15) is 59.2 Å². The van der Waals surface area contributed by atoms with Gasteiger partial charge in [-0.3, -0.25) is 24.7 Å². The van der Waals surface area contributed by atoms with Gasteiger partial charge in [0.15, 0.2) is 0 Å². The summed E-state index contributed by atoms with van der Waals surface area (Å²) in [6.07, 6.45) is 3.00. The molecule has 0 aliphatic carbocycles. The van der Waals surface area contributed by atoms with Gasteiger partial charge in [0.05, 0.1) is 11.4 Å². The van der Waals surface area contributed by atoms with E-state index in [1.165, 1.54) is 22.8 Å². The summed E-state index contributed by atoms with van der Waals surface area (Å²) in [6.45, 7) is 3.51. The molecule has 0 aromatic heterocycles. The van der Waals surface area contributed by atoms with Crippen LogP contribution in [0, 0.1) is 5.82 Å². The summed E-state index contributed by atoms with van der Waals surface area (Å²) >= 11 is 4.86. The summed E-state index contributed by atoms with van der Waals surface area (Å²) in [7, 11) is 0. The molecule has 0 spiro atoms. The lowest BCUT2D eigenvalue weighted by molar-refractivity contribution is -0.137. The van der Waals surface area contributed by atoms with Crippen molar-refractivity contribution in [1.82, 2.24) is 15.1 Å². The van der Waals surface area contributed by atoms with Crippen LogP contribution in [0.5, 0.6) is 0 Å². The van der Waals surface area contributed by atoms with Gasteiger partial charge in [-0.25, -0.2) is 4.39 Å². The van der Waals surface area contributed by atoms with Crippen molar-refractivity contribution in [3.63, 3.8) is 0 Å². The van der Waals surface area contributed by atoms with E-state index in [9.17, 15) is 14.0 Å². The first-order chi connectivity index (χ1) is 17.5. The van der Waals surface area contributed by atoms with Crippen LogP contribution in [0.25, 0.3) is 10.8 Å². The number of thiol groups is 1. The van der Waals surface area contributed by atoms with Crippen LogP contribution < -0.4 is 5.32 Å². The first kappa shape index (κ1) is 23.6. The SMILES string of the molecule is O=C1CCC(N2Cc3c(CN4CCC(c5cccc6c(F)cccc56)CC4)cccc3C2S)C(=O)N1. The van der Waals surface area contributed by atoms with Crippen LogP contribution in [0.3, 0.4) is 0 Å². The molecule has 0 saturated carbocycles. The molecule has 5 nitrogen and oxygen atoms in total. The van der Waals surface area contributed by atoms with Crippen molar-refractivity contribution in [1.29, 1.82) is 0 Å². The Morgan fingerprint density at radius 1 is 0.917 bits per heavy atom. The molecule has 186 valence electrons. The van der Waals surface area contributed by atoms with Gasteiger partial charge >= 0.3 is 0 Å². The number of hydrogen-bond acceptors (Lipinski definition) is 5. The van der Waals surface area contributed by atoms with Crippen LogP contribution in [0.2, 0.25) is 0 Å². The zero-order chi connectivity index (χ0) is 24.8. The molecule has 3 aromatic rings. The Bertz CT molecular complexity index is 1340. The van der Waals surface area contributed by atoms with E-state index in [1.807, 2.05) is 18.2 Å². The maximum atomic E-state index is 14.3. The Morgan fingerprint density at radius 2 is 1.64 bits per heavy atom. The molecule has 3 heterocycles. The number of rotatable bonds is 4. The van der Waals surface area contributed by atoms with E-state index in [2.05, 4.69) is 39.4 Å². The van der Waals surface area contributed by atoms with Crippen molar-refractivity contribution in [3.8, 4) is 0 Å². The van der Waals surface area contributed by atoms with Crippen LogP contribution in [0.4, 0.5) is 4.39 Å². The largest absolute Gasteiger partial charge is 0.299 e. The minimum Gasteiger partial charge on any atom is -0.299 e. The second-order valence-electron chi connectivity index (χ2n) is 10.2. The normalized spacial score (nSPS) is 23.7. The molecule has 2 unspecified atom stereocenters. The smallest absolute Gasteiger partial charge is 0.243 e. The molecule has 2 amide bonds. The van der Waals surface area contributed by atoms with Crippen molar-refractivity contribution in [3.05, 3.63) is 82.7 Å². The summed E-state index contributed by atoms with van der Waals surface area (Å²) in [5.41, 5.74) is 4.96. The average Bonchev–Trinajstić information content (AvgIpc) is 3.22. The van der Waals surface area contributed by atoms with Gasteiger partial charge < -0.3 is 0 Å². The first-order valence-electron chi connectivity index (χ1n) is 12.8. The van der Waals surface area contributed by atoms with E-state index < -0.39 is 0 Å². The van der Waals surface area contributed by atoms with Crippen molar-refractivity contribution in [2.45, 2.75) is 56.1 Å². The molecule has 3 aliphatic heterocycles. The van der Waals surface area contributed by atoms with Gasteiger partial charge in [-0.05, 0) is 72.0 Å². The Hall–Kier alpha value is -2.74. The fraction of sp³-hybridized carbons (Fsp3) is 0.379. The fourth-order valence-electron chi connectivity index (χ4n) is 6.26. The lowest BCUT2D eigenvalue weighted by Gasteiger charge is -2.33. The van der Waals surface area contributed by atoms with Crippen molar-refractivity contribution in [2.24, 2.45) is 0 Å². The monoisotopic (exact) mass is 503 g/mol. The van der Waals surface area contributed by atoms with Crippen molar-refractivity contribution >= 4 is 35.2 Å². The van der Waals surface area contributed by atoms with Gasteiger partial charge in [0, 0.05) is 24.9 Å². The van der Waals surface area contributed by atoms with Gasteiger partial charge in [0.25, 0.3) is 0 Å². The molecule has 7 heteroatoms. The van der Waals surface area contributed by atoms with Crippen LogP contribution in [-0.4, -0.2) is 40.7 Å². The number of halogens is 1. The second kappa shape index (κ2) is 9.61. The highest BCUT2D eigenvalue weighted by Crippen LogP contribution is 2.41. The van der Waals surface area contributed by atoms with Gasteiger partial charge in [-0.2, -0.15) is 12.6 Å². The number of benzene rings is 3. The lowest BCUT2D eigenvalue weighted by Crippen LogP contribution is -2.51. The van der Waals surface area contributed by atoms with E-state index in [1.54, 1.807) is 6.07 Å². The third kappa shape index (κ3) is 4.23. The minimum atomic E-state index is -0.327. The summed E-state index contributed by atoms with van der Waals surface area (Å²) < 4.78 is 14.3. The molecule has 1 N–H and O–H groups in total. The van der Waals surface area contributed by atoms with Crippen molar-refractivity contribution < 1.29 is 14.0 Å². The predicted octanol–water partition coefficient (Wildman–Crippen LogP) is 4.91. The molecule has 6 rings (SSSR count). The molecule has 36 heavy (non-hydrogen) atoms. The van der Waals surface area contributed by atoms with E-state index in [0.29, 0.717) is 30.7 Å². The number of carbonyl (C=O) groups excluding carboxylic acids is 2. The van der Waals surface area contributed by atoms with Crippen LogP contribution in [0.15, 0.2) is 54.6 Å². The quantitative estimate of drug-likeness (QED) is 0.393. The number of likely N-dealkylation sites (tertiary alicyclic amines) is 1. The van der Waals surface area contributed by atoms with Crippen LogP contribution >= 0.6 is 12.6 Å². The van der Waals surface area contributed by atoms with Crippen LogP contribution in [-0.2, 0) is 22.7 Å². The molecule has 3 aromatic carbocycles. The summed E-state index contributed by atoms with van der Waals surface area (Å²) in [4.78, 5) is 28.7. The molecule has 2 atom stereocenters. The number of nitrogens with zero attached hydrogens (tertiary/aromatic N) is 2. The number of nitrogens with one attached hydrogen (secondary N) is 1. The highest BCUT2D eigenvalue weighted by Gasteiger charge is 2.39. The Kier molecular flexibility index (Phi) is 6.32. The Balaban J connectivity index is 1.15. The number of fused-ring (bicyclic) bond motifs is 2. The standard InChI is InChI=1S/C29H30FN3O2S/c30-25-9-3-6-21-20(5-2-7-22(21)25)18-12-14-32(15-13-18)16-19-4-1-8-23-24(19)17-33(29(23)36)26-10-11-27(34)31-28(26)35/h1-9,18,26,29,36H,10-17H2,(H,31,34,35). The number of hydrogen-bond donors (Lipinski definition) is 2. The summed E-state index contributed by atoms with van der Waals surface area (Å²) in [5.74, 6) is -0.131. The van der Waals surface area contributed by atoms with Crippen molar-refractivity contribution in [2.75, 3.05) is 13.1 Å². The minimum absolute atomic E-state index is 0.151. The summed E-state index contributed by atoms with van der Waals surface area (Å²) in [6, 6.07) is 17.4. The maximum absolute atomic E-state index is 14.3. The topological polar surface area (TPSA) is 52.7 Å². The third-order valence-electron chi connectivity index (χ3n) is 8.18. The Morgan fingerprint density at radius 3 is 2.44 bits per heavy atom. The Labute approximate surface area is 216 Å². The molecule has 2 fully saturated rings. The van der Waals surface area contributed by atoms with E-state index >= 15 is 0 Å². The highest BCUT2D eigenvalue weighted by atomic mass is 32.1. The van der Waals surface area contributed by atoms with E-state index in [0.717, 1.165) is 43.4 Å². The molecular formula is C29H30FN3O2S. The lowest BCUT2D eigenvalue weighted by atomic mass is 9.86.